The van der Waals surface area contributed by atoms with E-state index in [1.54, 1.807) is 14.2 Å². The third-order valence-electron chi connectivity index (χ3n) is 4.65. The lowest BCUT2D eigenvalue weighted by Crippen LogP contribution is -2.39. The Morgan fingerprint density at radius 2 is 2.04 bits per heavy atom. The average molecular weight is 341 g/mol. The zero-order valence-corrected chi connectivity index (χ0v) is 14.9. The molecule has 1 aromatic carbocycles. The summed E-state index contributed by atoms with van der Waals surface area (Å²) in [6.07, 6.45) is 3.34. The highest BCUT2D eigenvalue weighted by Gasteiger charge is 2.28. The van der Waals surface area contributed by atoms with Crippen molar-refractivity contribution in [3.05, 3.63) is 41.7 Å². The van der Waals surface area contributed by atoms with Crippen LogP contribution in [0, 0.1) is 12.8 Å². The molecule has 132 valence electrons. The molecule has 25 heavy (non-hydrogen) atoms. The van der Waals surface area contributed by atoms with Crippen LogP contribution in [0.3, 0.4) is 0 Å². The van der Waals surface area contributed by atoms with Crippen molar-refractivity contribution in [1.82, 2.24) is 9.97 Å². The van der Waals surface area contributed by atoms with E-state index in [9.17, 15) is 4.79 Å². The Hall–Kier alpha value is -2.63. The molecule has 0 spiro atoms. The predicted molar refractivity (Wildman–Crippen MR) is 95.6 cm³/mol. The van der Waals surface area contributed by atoms with Gasteiger partial charge in [-0.1, -0.05) is 0 Å². The molecule has 1 aliphatic rings. The van der Waals surface area contributed by atoms with Gasteiger partial charge in [-0.15, -0.1) is 0 Å². The van der Waals surface area contributed by atoms with Crippen LogP contribution in [-0.2, 0) is 0 Å². The molecule has 1 fully saturated rings. The van der Waals surface area contributed by atoms with Crippen LogP contribution in [-0.4, -0.2) is 43.1 Å². The minimum atomic E-state index is -0.0400. The molecule has 6 nitrogen and oxygen atoms in total. The fourth-order valence-corrected chi connectivity index (χ4v) is 3.27. The van der Waals surface area contributed by atoms with Crippen LogP contribution in [0.25, 0.3) is 0 Å². The molecule has 1 saturated heterocycles. The van der Waals surface area contributed by atoms with E-state index >= 15 is 0 Å². The second-order valence-corrected chi connectivity index (χ2v) is 6.25. The second kappa shape index (κ2) is 7.51. The number of aromatic nitrogens is 2. The van der Waals surface area contributed by atoms with Gasteiger partial charge in [-0.2, -0.15) is 0 Å². The largest absolute Gasteiger partial charge is 0.497 e. The van der Waals surface area contributed by atoms with Crippen molar-refractivity contribution in [3.63, 3.8) is 0 Å². The number of hydrogen-bond donors (Lipinski definition) is 0. The molecule has 0 bridgehead atoms. The van der Waals surface area contributed by atoms with Crippen molar-refractivity contribution >= 4 is 11.6 Å². The van der Waals surface area contributed by atoms with Crippen LogP contribution in [0.15, 0.2) is 30.6 Å². The Balaban J connectivity index is 1.77. The molecule has 0 N–H and O–H groups in total. The summed E-state index contributed by atoms with van der Waals surface area (Å²) in [5, 5.41) is 0. The molecule has 2 aromatic rings. The van der Waals surface area contributed by atoms with Gasteiger partial charge >= 0.3 is 0 Å². The second-order valence-electron chi connectivity index (χ2n) is 6.25. The van der Waals surface area contributed by atoms with Crippen molar-refractivity contribution in [1.29, 1.82) is 0 Å². The molecule has 2 heterocycles. The molecule has 0 amide bonds. The third kappa shape index (κ3) is 3.73. The number of anilines is 1. The highest BCUT2D eigenvalue weighted by molar-refractivity contribution is 5.99. The molecule has 0 radical (unpaired) electrons. The van der Waals surface area contributed by atoms with Gasteiger partial charge in [0.2, 0.25) is 5.88 Å². The number of carbonyl (C=O) groups excluding carboxylic acids is 1. The number of benzene rings is 1. The average Bonchev–Trinajstić information content (AvgIpc) is 2.67. The first-order valence-electron chi connectivity index (χ1n) is 8.42. The summed E-state index contributed by atoms with van der Waals surface area (Å²) < 4.78 is 10.4. The predicted octanol–water partition coefficient (Wildman–Crippen LogP) is 2.90. The van der Waals surface area contributed by atoms with Crippen molar-refractivity contribution in [2.24, 2.45) is 5.92 Å². The molecule has 1 aliphatic heterocycles. The normalized spacial score (nSPS) is 17.2. The van der Waals surface area contributed by atoms with Gasteiger partial charge in [0.1, 0.15) is 17.9 Å². The number of nitrogens with zero attached hydrogens (tertiary/aromatic N) is 3. The zero-order chi connectivity index (χ0) is 17.8. The lowest BCUT2D eigenvalue weighted by molar-refractivity contribution is 0.0906. The zero-order valence-electron chi connectivity index (χ0n) is 14.9. The summed E-state index contributed by atoms with van der Waals surface area (Å²) in [7, 11) is 3.21. The smallest absolute Gasteiger partial charge is 0.218 e. The summed E-state index contributed by atoms with van der Waals surface area (Å²) in [5.41, 5.74) is 1.72. The number of hydrogen-bond acceptors (Lipinski definition) is 6. The topological polar surface area (TPSA) is 64.5 Å². The van der Waals surface area contributed by atoms with Gasteiger partial charge in [-0.05, 0) is 43.5 Å². The van der Waals surface area contributed by atoms with Crippen LogP contribution in [0.5, 0.6) is 11.6 Å². The summed E-state index contributed by atoms with van der Waals surface area (Å²) in [6, 6.07) is 7.42. The highest BCUT2D eigenvalue weighted by Crippen LogP contribution is 2.27. The number of ether oxygens (including phenoxy) is 2. The third-order valence-corrected chi connectivity index (χ3v) is 4.65. The minimum Gasteiger partial charge on any atom is -0.497 e. The number of carbonyl (C=O) groups is 1. The maximum absolute atomic E-state index is 13.0. The number of ketones is 1. The van der Waals surface area contributed by atoms with E-state index in [1.165, 1.54) is 6.33 Å². The van der Waals surface area contributed by atoms with Gasteiger partial charge in [-0.25, -0.2) is 9.97 Å². The lowest BCUT2D eigenvalue weighted by atomic mass is 9.88. The number of methoxy groups -OCH3 is 2. The summed E-state index contributed by atoms with van der Waals surface area (Å²) in [5.74, 6) is 2.25. The van der Waals surface area contributed by atoms with Crippen LogP contribution < -0.4 is 14.4 Å². The Bertz CT molecular complexity index is 763. The lowest BCUT2D eigenvalue weighted by Gasteiger charge is -2.33. The van der Waals surface area contributed by atoms with Crippen LogP contribution in [0.4, 0.5) is 5.82 Å². The van der Waals surface area contributed by atoms with Crippen molar-refractivity contribution in [2.45, 2.75) is 19.8 Å². The fourth-order valence-electron chi connectivity index (χ4n) is 3.27. The number of Topliss-reactive ketones (excluding diaryl/α,β-unsaturated/α-hetero) is 1. The fraction of sp³-hybridized carbons (Fsp3) is 0.421. The molecular formula is C19H23N3O3. The maximum Gasteiger partial charge on any atom is 0.218 e. The van der Waals surface area contributed by atoms with Crippen molar-refractivity contribution in [3.8, 4) is 11.6 Å². The molecule has 0 saturated carbocycles. The van der Waals surface area contributed by atoms with Crippen LogP contribution in [0.1, 0.15) is 28.8 Å². The minimum absolute atomic E-state index is 0.0400. The molecule has 3 rings (SSSR count). The summed E-state index contributed by atoms with van der Waals surface area (Å²) in [4.78, 5) is 23.5. The highest BCUT2D eigenvalue weighted by atomic mass is 16.5. The Labute approximate surface area is 147 Å². The van der Waals surface area contributed by atoms with E-state index in [0.29, 0.717) is 12.4 Å². The van der Waals surface area contributed by atoms with Crippen molar-refractivity contribution in [2.75, 3.05) is 32.2 Å². The first kappa shape index (κ1) is 17.2. The standard InChI is InChI=1S/C19H23N3O3/c1-13-9-15(24-2)6-7-16(13)19(23)14-5-4-8-22(11-14)17-10-18(25-3)21-12-20-17/h6-7,9-10,12,14H,4-5,8,11H2,1-3H3/t14-/m1/s1. The molecular weight excluding hydrogens is 318 g/mol. The maximum atomic E-state index is 13.0. The Kier molecular flexibility index (Phi) is 5.16. The Morgan fingerprint density at radius 1 is 1.20 bits per heavy atom. The number of piperidine rings is 1. The number of rotatable bonds is 5. The van der Waals surface area contributed by atoms with Crippen LogP contribution >= 0.6 is 0 Å². The van der Waals surface area contributed by atoms with Crippen LogP contribution in [0.2, 0.25) is 0 Å². The van der Waals surface area contributed by atoms with Gasteiger partial charge in [-0.3, -0.25) is 4.79 Å². The molecule has 6 heteroatoms. The summed E-state index contributed by atoms with van der Waals surface area (Å²) in [6.45, 7) is 3.49. The van der Waals surface area contributed by atoms with Gasteiger partial charge in [0.05, 0.1) is 14.2 Å². The van der Waals surface area contributed by atoms with Gasteiger partial charge in [0, 0.05) is 30.6 Å². The first-order valence-corrected chi connectivity index (χ1v) is 8.42. The van der Waals surface area contributed by atoms with Gasteiger partial charge < -0.3 is 14.4 Å². The van der Waals surface area contributed by atoms with E-state index in [-0.39, 0.29) is 11.7 Å². The number of aryl methyl sites for hydroxylation is 1. The molecule has 0 unspecified atom stereocenters. The van der Waals surface area contributed by atoms with Gasteiger partial charge in [0.15, 0.2) is 5.78 Å². The van der Waals surface area contributed by atoms with Crippen molar-refractivity contribution < 1.29 is 14.3 Å². The van der Waals surface area contributed by atoms with E-state index in [4.69, 9.17) is 9.47 Å². The van der Waals surface area contributed by atoms with E-state index in [2.05, 4.69) is 14.9 Å². The Morgan fingerprint density at radius 3 is 2.76 bits per heavy atom. The molecule has 0 aliphatic carbocycles. The molecule has 1 atom stereocenters. The monoisotopic (exact) mass is 341 g/mol. The van der Waals surface area contributed by atoms with Gasteiger partial charge in [0.25, 0.3) is 0 Å². The molecule has 1 aromatic heterocycles. The summed E-state index contributed by atoms with van der Waals surface area (Å²) >= 11 is 0. The first-order chi connectivity index (χ1) is 12.1. The van der Waals surface area contributed by atoms with E-state index in [0.717, 1.165) is 42.1 Å². The quantitative estimate of drug-likeness (QED) is 0.779. The SMILES string of the molecule is COc1ccc(C(=O)[C@@H]2CCCN(c3cc(OC)ncn3)C2)c(C)c1. The van der Waals surface area contributed by atoms with E-state index < -0.39 is 0 Å². The van der Waals surface area contributed by atoms with E-state index in [1.807, 2.05) is 31.2 Å².